The van der Waals surface area contributed by atoms with Gasteiger partial charge in [0.25, 0.3) is 0 Å². The van der Waals surface area contributed by atoms with Crippen LogP contribution in [0.5, 0.6) is 0 Å². The molecular formula is C10H20S2. The molecule has 0 aliphatic rings. The van der Waals surface area contributed by atoms with E-state index in [2.05, 4.69) is 34.0 Å². The first-order chi connectivity index (χ1) is 5.67. The summed E-state index contributed by atoms with van der Waals surface area (Å²) in [7, 11) is 0. The minimum absolute atomic E-state index is 0.689. The lowest BCUT2D eigenvalue weighted by atomic mass is 10.2. The monoisotopic (exact) mass is 204 g/mol. The molecule has 0 N–H and O–H groups in total. The van der Waals surface area contributed by atoms with E-state index >= 15 is 0 Å². The fourth-order valence-electron chi connectivity index (χ4n) is 1.19. The normalized spacial score (nSPS) is 13.5. The third-order valence-electron chi connectivity index (χ3n) is 1.66. The summed E-state index contributed by atoms with van der Waals surface area (Å²) >= 11 is 3.91. The van der Waals surface area contributed by atoms with Crippen LogP contribution in [-0.4, -0.2) is 12.0 Å². The van der Waals surface area contributed by atoms with E-state index in [9.17, 15) is 0 Å². The molecule has 72 valence electrons. The van der Waals surface area contributed by atoms with Crippen molar-refractivity contribution in [2.24, 2.45) is 5.92 Å². The van der Waals surface area contributed by atoms with Crippen LogP contribution in [0.1, 0.15) is 34.1 Å². The quantitative estimate of drug-likeness (QED) is 0.652. The van der Waals surface area contributed by atoms with Gasteiger partial charge < -0.3 is 0 Å². The average Bonchev–Trinajstić information content (AvgIpc) is 2.03. The van der Waals surface area contributed by atoms with Gasteiger partial charge in [-0.1, -0.05) is 27.7 Å². The van der Waals surface area contributed by atoms with Crippen molar-refractivity contribution in [1.29, 1.82) is 0 Å². The molecule has 2 heteroatoms. The molecular weight excluding hydrogens is 184 g/mol. The van der Waals surface area contributed by atoms with Gasteiger partial charge in [0.05, 0.1) is 0 Å². The van der Waals surface area contributed by atoms with Gasteiger partial charge in [-0.3, -0.25) is 0 Å². The van der Waals surface area contributed by atoms with E-state index in [1.165, 1.54) is 12.2 Å². The fraction of sp³-hybridized carbons (Fsp3) is 0.800. The van der Waals surface area contributed by atoms with Crippen LogP contribution in [0.4, 0.5) is 0 Å². The van der Waals surface area contributed by atoms with Gasteiger partial charge in [-0.05, 0) is 34.2 Å². The number of allylic oxidation sites excluding steroid dienone is 2. The molecule has 0 fully saturated rings. The van der Waals surface area contributed by atoms with Crippen LogP contribution in [-0.2, 0) is 0 Å². The Morgan fingerprint density at radius 2 is 1.83 bits per heavy atom. The molecule has 0 nitrogen and oxygen atoms in total. The Kier molecular flexibility index (Phi) is 7.16. The van der Waals surface area contributed by atoms with Gasteiger partial charge in [-0.2, -0.15) is 0 Å². The first-order valence-electron chi connectivity index (χ1n) is 4.57. The highest BCUT2D eigenvalue weighted by Gasteiger charge is 2.07. The molecule has 0 aliphatic carbocycles. The van der Waals surface area contributed by atoms with Crippen molar-refractivity contribution >= 4 is 23.5 Å². The fourth-order valence-corrected chi connectivity index (χ4v) is 3.39. The molecule has 12 heavy (non-hydrogen) atoms. The van der Waals surface area contributed by atoms with Gasteiger partial charge in [0.15, 0.2) is 0 Å². The molecule has 0 saturated carbocycles. The van der Waals surface area contributed by atoms with Crippen molar-refractivity contribution in [1.82, 2.24) is 0 Å². The lowest BCUT2D eigenvalue weighted by Crippen LogP contribution is -1.93. The summed E-state index contributed by atoms with van der Waals surface area (Å²) in [6, 6.07) is 0. The van der Waals surface area contributed by atoms with Gasteiger partial charge in [0, 0.05) is 0 Å². The number of hydrogen-bond acceptors (Lipinski definition) is 2. The van der Waals surface area contributed by atoms with E-state index in [-0.39, 0.29) is 0 Å². The first-order valence-corrected chi connectivity index (χ1v) is 6.78. The molecule has 0 heterocycles. The van der Waals surface area contributed by atoms with E-state index < -0.39 is 0 Å². The van der Waals surface area contributed by atoms with Crippen LogP contribution in [0.15, 0.2) is 9.81 Å². The zero-order valence-corrected chi connectivity index (χ0v) is 10.4. The maximum atomic E-state index is 2.28. The summed E-state index contributed by atoms with van der Waals surface area (Å²) in [6.07, 6.45) is 3.37. The summed E-state index contributed by atoms with van der Waals surface area (Å²) in [4.78, 5) is 3.16. The van der Waals surface area contributed by atoms with Gasteiger partial charge in [-0.25, -0.2) is 0 Å². The summed E-state index contributed by atoms with van der Waals surface area (Å²) in [6.45, 7) is 9.02. The molecule has 0 radical (unpaired) electrons. The van der Waals surface area contributed by atoms with Crippen molar-refractivity contribution in [2.45, 2.75) is 34.1 Å². The predicted octanol–water partition coefficient (Wildman–Crippen LogP) is 4.38. The van der Waals surface area contributed by atoms with E-state index in [0.717, 1.165) is 0 Å². The highest BCUT2D eigenvalue weighted by molar-refractivity contribution is 8.06. The lowest BCUT2D eigenvalue weighted by molar-refractivity contribution is 0.808. The molecule has 0 aliphatic heterocycles. The van der Waals surface area contributed by atoms with Crippen molar-refractivity contribution in [3.05, 3.63) is 9.81 Å². The highest BCUT2D eigenvalue weighted by Crippen LogP contribution is 2.33. The second-order valence-electron chi connectivity index (χ2n) is 2.93. The van der Waals surface area contributed by atoms with Gasteiger partial charge >= 0.3 is 0 Å². The van der Waals surface area contributed by atoms with Crippen molar-refractivity contribution in [3.63, 3.8) is 0 Å². The third kappa shape index (κ3) is 3.90. The number of hydrogen-bond donors (Lipinski definition) is 0. The van der Waals surface area contributed by atoms with E-state index in [4.69, 9.17) is 0 Å². The van der Waals surface area contributed by atoms with Crippen LogP contribution in [0.2, 0.25) is 0 Å². The smallest absolute Gasteiger partial charge is 0.00346 e. The lowest BCUT2D eigenvalue weighted by Gasteiger charge is -2.14. The zero-order chi connectivity index (χ0) is 9.56. The van der Waals surface area contributed by atoms with Gasteiger partial charge in [0.1, 0.15) is 0 Å². The number of rotatable bonds is 5. The molecule has 0 rings (SSSR count). The summed E-state index contributed by atoms with van der Waals surface area (Å²) in [5.41, 5.74) is 0. The van der Waals surface area contributed by atoms with Crippen LogP contribution in [0.25, 0.3) is 0 Å². The summed E-state index contributed by atoms with van der Waals surface area (Å²) < 4.78 is 0. The van der Waals surface area contributed by atoms with E-state index in [0.29, 0.717) is 5.92 Å². The Balaban J connectivity index is 4.49. The standard InChI is InChI=1S/C10H20S2/c1-6-9(12-7-2)10(11-5)8(3)4/h8H,6-7H2,1-5H3/b10-9+. The van der Waals surface area contributed by atoms with Crippen molar-refractivity contribution in [3.8, 4) is 0 Å². The maximum Gasteiger partial charge on any atom is -0.00346 e. The molecule has 0 aromatic heterocycles. The number of thioether (sulfide) groups is 2. The minimum atomic E-state index is 0.689. The molecule has 0 unspecified atom stereocenters. The van der Waals surface area contributed by atoms with E-state index in [1.54, 1.807) is 9.81 Å². The largest absolute Gasteiger partial charge is 0.133 e. The van der Waals surface area contributed by atoms with Crippen LogP contribution < -0.4 is 0 Å². The Bertz CT molecular complexity index is 148. The zero-order valence-electron chi connectivity index (χ0n) is 8.81. The molecule has 0 amide bonds. The maximum absolute atomic E-state index is 2.28. The minimum Gasteiger partial charge on any atom is -0.133 e. The second-order valence-corrected chi connectivity index (χ2v) is 5.14. The SMILES string of the molecule is CCS/C(CC)=C(/SC)C(C)C. The summed E-state index contributed by atoms with van der Waals surface area (Å²) in [5, 5.41) is 0. The molecule has 0 aromatic rings. The topological polar surface area (TPSA) is 0 Å². The Hall–Kier alpha value is 0.440. The Labute approximate surface area is 85.6 Å². The van der Waals surface area contributed by atoms with Crippen LogP contribution in [0.3, 0.4) is 0 Å². The molecule has 0 spiro atoms. The molecule has 0 saturated heterocycles. The molecule has 0 bridgehead atoms. The molecule has 0 aromatic carbocycles. The van der Waals surface area contributed by atoms with Crippen LogP contribution in [0, 0.1) is 5.92 Å². The van der Waals surface area contributed by atoms with Gasteiger partial charge in [-0.15, -0.1) is 23.5 Å². The predicted molar refractivity (Wildman–Crippen MR) is 63.8 cm³/mol. The Morgan fingerprint density at radius 1 is 1.25 bits per heavy atom. The molecule has 0 atom stereocenters. The second kappa shape index (κ2) is 6.90. The highest BCUT2D eigenvalue weighted by atomic mass is 32.2. The van der Waals surface area contributed by atoms with Crippen molar-refractivity contribution in [2.75, 3.05) is 12.0 Å². The average molecular weight is 204 g/mol. The first kappa shape index (κ1) is 12.4. The summed E-state index contributed by atoms with van der Waals surface area (Å²) in [5.74, 6) is 1.88. The Morgan fingerprint density at radius 3 is 2.08 bits per heavy atom. The van der Waals surface area contributed by atoms with Crippen LogP contribution >= 0.6 is 23.5 Å². The van der Waals surface area contributed by atoms with E-state index in [1.807, 2.05) is 23.5 Å². The van der Waals surface area contributed by atoms with Gasteiger partial charge in [0.2, 0.25) is 0 Å². The third-order valence-corrected chi connectivity index (χ3v) is 4.09. The van der Waals surface area contributed by atoms with Crippen molar-refractivity contribution < 1.29 is 0 Å².